The molecule has 0 spiro atoms. The van der Waals surface area contributed by atoms with Gasteiger partial charge in [0.05, 0.1) is 0 Å². The molecule has 0 radical (unpaired) electrons. The second-order valence-corrected chi connectivity index (χ2v) is 6.79. The Labute approximate surface area is 132 Å². The number of rotatable bonds is 1. The third-order valence-electron chi connectivity index (χ3n) is 4.61. The number of esters is 1. The molecule has 2 aliphatic rings. The molecule has 106 valence electrons. The molecule has 0 fully saturated rings. The van der Waals surface area contributed by atoms with Crippen molar-refractivity contribution in [2.75, 3.05) is 0 Å². The Kier molecular flexibility index (Phi) is 2.93. The van der Waals surface area contributed by atoms with Crippen molar-refractivity contribution in [3.8, 4) is 0 Å². The van der Waals surface area contributed by atoms with E-state index in [-0.39, 0.29) is 22.8 Å². The number of carbonyl (C=O) groups is 1. The molecule has 3 heteroatoms. The first-order chi connectivity index (χ1) is 10.2. The lowest BCUT2D eigenvalue weighted by molar-refractivity contribution is -0.148. The lowest BCUT2D eigenvalue weighted by Gasteiger charge is -2.35. The molecule has 0 aromatic heterocycles. The molecule has 2 aromatic carbocycles. The minimum absolute atomic E-state index is 0.185. The van der Waals surface area contributed by atoms with E-state index in [1.807, 2.05) is 6.07 Å². The third kappa shape index (κ3) is 1.80. The highest BCUT2D eigenvalue weighted by atomic mass is 79.9. The summed E-state index contributed by atoms with van der Waals surface area (Å²) >= 11 is 3.87. The Morgan fingerprint density at radius 1 is 0.952 bits per heavy atom. The average Bonchev–Trinajstić information content (AvgIpc) is 2.69. The van der Waals surface area contributed by atoms with Crippen LogP contribution in [-0.2, 0) is 9.53 Å². The molecule has 21 heavy (non-hydrogen) atoms. The van der Waals surface area contributed by atoms with Crippen molar-refractivity contribution in [3.63, 3.8) is 0 Å². The first-order valence-electron chi connectivity index (χ1n) is 7.17. The molecule has 0 saturated carbocycles. The summed E-state index contributed by atoms with van der Waals surface area (Å²) in [5.41, 5.74) is 5.07. The van der Waals surface area contributed by atoms with Crippen molar-refractivity contribution in [3.05, 3.63) is 70.8 Å². The van der Waals surface area contributed by atoms with Gasteiger partial charge in [0.25, 0.3) is 0 Å². The molecule has 2 nitrogen and oxygen atoms in total. The highest BCUT2D eigenvalue weighted by Crippen LogP contribution is 2.59. The van der Waals surface area contributed by atoms with E-state index in [1.165, 1.54) is 23.6 Å². The van der Waals surface area contributed by atoms with Gasteiger partial charge in [-0.2, -0.15) is 0 Å². The Bertz CT molecular complexity index is 725. The molecule has 0 heterocycles. The minimum atomic E-state index is -0.225. The molecule has 1 unspecified atom stereocenters. The fourth-order valence-corrected chi connectivity index (χ4v) is 5.01. The molecule has 0 saturated heterocycles. The highest BCUT2D eigenvalue weighted by molar-refractivity contribution is 9.09. The van der Waals surface area contributed by atoms with E-state index in [9.17, 15) is 4.79 Å². The predicted octanol–water partition coefficient (Wildman–Crippen LogP) is 4.30. The maximum Gasteiger partial charge on any atom is 0.303 e. The number of benzene rings is 2. The second-order valence-electron chi connectivity index (χ2n) is 5.74. The van der Waals surface area contributed by atoms with Crippen LogP contribution < -0.4 is 0 Å². The Morgan fingerprint density at radius 2 is 1.48 bits per heavy atom. The zero-order valence-electron chi connectivity index (χ0n) is 11.6. The minimum Gasteiger partial charge on any atom is -0.457 e. The molecule has 4 atom stereocenters. The molecular weight excluding hydrogens is 328 g/mol. The average molecular weight is 343 g/mol. The number of carbonyl (C=O) groups excluding carboxylic acids is 1. The SMILES string of the molecule is CC(=O)O[C@H]1c2ccccc2[C@H]2c3ccccc3[C@@H]1C2Br. The van der Waals surface area contributed by atoms with Crippen molar-refractivity contribution in [2.45, 2.75) is 29.7 Å². The fourth-order valence-electron chi connectivity index (χ4n) is 3.88. The highest BCUT2D eigenvalue weighted by Gasteiger charge is 2.50. The van der Waals surface area contributed by atoms with Gasteiger partial charge in [-0.05, 0) is 22.3 Å². The van der Waals surface area contributed by atoms with Crippen LogP contribution in [0.25, 0.3) is 0 Å². The summed E-state index contributed by atoms with van der Waals surface area (Å²) in [6.07, 6.45) is -0.206. The van der Waals surface area contributed by atoms with Crippen LogP contribution in [0.5, 0.6) is 0 Å². The summed E-state index contributed by atoms with van der Waals surface area (Å²) in [6.45, 7) is 1.48. The van der Waals surface area contributed by atoms with Gasteiger partial charge < -0.3 is 4.74 Å². The van der Waals surface area contributed by atoms with Crippen molar-refractivity contribution < 1.29 is 9.53 Å². The van der Waals surface area contributed by atoms with Gasteiger partial charge in [0.15, 0.2) is 0 Å². The largest absolute Gasteiger partial charge is 0.457 e. The summed E-state index contributed by atoms with van der Waals surface area (Å²) in [4.78, 5) is 11.9. The van der Waals surface area contributed by atoms with Crippen molar-refractivity contribution >= 4 is 21.9 Å². The van der Waals surface area contributed by atoms with Crippen LogP contribution in [0.1, 0.15) is 47.1 Å². The quantitative estimate of drug-likeness (QED) is 0.570. The van der Waals surface area contributed by atoms with E-state index in [2.05, 4.69) is 58.4 Å². The number of fused-ring (bicyclic) bond motifs is 7. The first kappa shape index (κ1) is 13.1. The van der Waals surface area contributed by atoms with Crippen LogP contribution in [0.15, 0.2) is 48.5 Å². The van der Waals surface area contributed by atoms with Crippen LogP contribution in [0.4, 0.5) is 0 Å². The molecule has 2 aliphatic carbocycles. The van der Waals surface area contributed by atoms with Gasteiger partial charge in [-0.25, -0.2) is 0 Å². The van der Waals surface area contributed by atoms with E-state index in [0.29, 0.717) is 5.92 Å². The maximum absolute atomic E-state index is 11.6. The molecule has 2 aromatic rings. The third-order valence-corrected chi connectivity index (χ3v) is 5.71. The summed E-state index contributed by atoms with van der Waals surface area (Å²) < 4.78 is 5.71. The van der Waals surface area contributed by atoms with Crippen LogP contribution >= 0.6 is 15.9 Å². The van der Waals surface area contributed by atoms with E-state index < -0.39 is 0 Å². The molecule has 4 rings (SSSR count). The molecule has 2 bridgehead atoms. The summed E-state index contributed by atoms with van der Waals surface area (Å²) in [7, 11) is 0. The topological polar surface area (TPSA) is 26.3 Å². The van der Waals surface area contributed by atoms with Crippen molar-refractivity contribution in [1.29, 1.82) is 0 Å². The monoisotopic (exact) mass is 342 g/mol. The standard InChI is InChI=1S/C18H15BrO2/c1-10(20)21-18-14-9-5-4-8-13(14)15-11-6-2-3-7-12(11)16(18)17(15)19/h2-9,15-18H,1H3/t15-,16-,17?,18+/m1/s1. The number of alkyl halides is 1. The van der Waals surface area contributed by atoms with Crippen LogP contribution in [0, 0.1) is 0 Å². The van der Waals surface area contributed by atoms with Crippen molar-refractivity contribution in [2.24, 2.45) is 0 Å². The normalized spacial score (nSPS) is 28.7. The Balaban J connectivity index is 1.97. The number of halogens is 1. The zero-order valence-corrected chi connectivity index (χ0v) is 13.2. The fraction of sp³-hybridized carbons (Fsp3) is 0.278. The molecule has 0 aliphatic heterocycles. The smallest absolute Gasteiger partial charge is 0.303 e. The van der Waals surface area contributed by atoms with E-state index in [0.717, 1.165) is 5.56 Å². The van der Waals surface area contributed by atoms with Crippen LogP contribution in [0.2, 0.25) is 0 Å². The number of hydrogen-bond donors (Lipinski definition) is 0. The molecule has 0 N–H and O–H groups in total. The zero-order chi connectivity index (χ0) is 14.6. The Hall–Kier alpha value is -1.61. The summed E-state index contributed by atoms with van der Waals surface area (Å²) in [5.74, 6) is 0.302. The second kappa shape index (κ2) is 4.70. The number of ether oxygens (including phenoxy) is 1. The predicted molar refractivity (Wildman–Crippen MR) is 84.7 cm³/mol. The van der Waals surface area contributed by atoms with Gasteiger partial charge in [0, 0.05) is 23.6 Å². The maximum atomic E-state index is 11.6. The van der Waals surface area contributed by atoms with Gasteiger partial charge in [-0.1, -0.05) is 64.5 Å². The van der Waals surface area contributed by atoms with E-state index >= 15 is 0 Å². The van der Waals surface area contributed by atoms with Crippen LogP contribution in [0.3, 0.4) is 0 Å². The number of hydrogen-bond acceptors (Lipinski definition) is 2. The van der Waals surface area contributed by atoms with Gasteiger partial charge in [0.2, 0.25) is 0 Å². The van der Waals surface area contributed by atoms with Gasteiger partial charge >= 0.3 is 5.97 Å². The van der Waals surface area contributed by atoms with Gasteiger partial charge in [-0.15, -0.1) is 0 Å². The van der Waals surface area contributed by atoms with E-state index in [4.69, 9.17) is 4.74 Å². The molecular formula is C18H15BrO2. The lowest BCUT2D eigenvalue weighted by atomic mass is 9.79. The van der Waals surface area contributed by atoms with Gasteiger partial charge in [0.1, 0.15) is 6.10 Å². The molecule has 0 amide bonds. The van der Waals surface area contributed by atoms with Crippen molar-refractivity contribution in [1.82, 2.24) is 0 Å². The Morgan fingerprint density at radius 3 is 2.10 bits per heavy atom. The first-order valence-corrected chi connectivity index (χ1v) is 8.09. The van der Waals surface area contributed by atoms with E-state index in [1.54, 1.807) is 0 Å². The van der Waals surface area contributed by atoms with Gasteiger partial charge in [-0.3, -0.25) is 4.79 Å². The summed E-state index contributed by atoms with van der Waals surface area (Å²) in [5, 5.41) is 0. The van der Waals surface area contributed by atoms with Crippen LogP contribution in [-0.4, -0.2) is 10.8 Å². The lowest BCUT2D eigenvalue weighted by Crippen LogP contribution is -2.29. The summed E-state index contributed by atoms with van der Waals surface area (Å²) in [6, 6.07) is 16.8.